The van der Waals surface area contributed by atoms with Crippen molar-refractivity contribution in [3.63, 3.8) is 0 Å². The van der Waals surface area contributed by atoms with E-state index in [9.17, 15) is 14.4 Å². The zero-order valence-corrected chi connectivity index (χ0v) is 18.3. The molecular formula is C27H26N2O3. The van der Waals surface area contributed by atoms with E-state index in [4.69, 9.17) is 0 Å². The Labute approximate surface area is 188 Å². The van der Waals surface area contributed by atoms with Crippen LogP contribution in [-0.2, 0) is 20.8 Å². The predicted molar refractivity (Wildman–Crippen MR) is 124 cm³/mol. The zero-order valence-electron chi connectivity index (χ0n) is 18.3. The van der Waals surface area contributed by atoms with Crippen LogP contribution in [0.5, 0.6) is 0 Å². The first-order chi connectivity index (χ1) is 15.5. The molecule has 3 aromatic carbocycles. The summed E-state index contributed by atoms with van der Waals surface area (Å²) in [5.74, 6) is -0.825. The van der Waals surface area contributed by atoms with Crippen molar-refractivity contribution in [3.05, 3.63) is 102 Å². The SMILES string of the molecule is Cc1ccc(N2C(=O)CC(N(C(=O)Cc3ccccc3)C(C)c3ccccc3)C2=O)cc1. The molecule has 1 aliphatic heterocycles. The first kappa shape index (κ1) is 21.5. The van der Waals surface area contributed by atoms with E-state index in [0.29, 0.717) is 5.69 Å². The van der Waals surface area contributed by atoms with Gasteiger partial charge in [0.1, 0.15) is 6.04 Å². The Bertz CT molecular complexity index is 1110. The summed E-state index contributed by atoms with van der Waals surface area (Å²) < 4.78 is 0. The Morgan fingerprint density at radius 3 is 2.16 bits per heavy atom. The van der Waals surface area contributed by atoms with Gasteiger partial charge in [0.05, 0.1) is 24.6 Å². The molecular weight excluding hydrogens is 400 g/mol. The summed E-state index contributed by atoms with van der Waals surface area (Å²) in [4.78, 5) is 42.6. The van der Waals surface area contributed by atoms with Crippen molar-refractivity contribution >= 4 is 23.4 Å². The van der Waals surface area contributed by atoms with Crippen molar-refractivity contribution in [2.75, 3.05) is 4.90 Å². The normalized spacial score (nSPS) is 16.8. The van der Waals surface area contributed by atoms with Crippen LogP contribution in [0.1, 0.15) is 36.1 Å². The number of anilines is 1. The maximum absolute atomic E-state index is 13.5. The topological polar surface area (TPSA) is 57.7 Å². The first-order valence-electron chi connectivity index (χ1n) is 10.8. The molecule has 0 spiro atoms. The van der Waals surface area contributed by atoms with E-state index < -0.39 is 6.04 Å². The van der Waals surface area contributed by atoms with Crippen LogP contribution >= 0.6 is 0 Å². The second kappa shape index (κ2) is 9.18. The standard InChI is InChI=1S/C27H26N2O3/c1-19-13-15-23(16-14-19)29-26(31)18-24(27(29)32)28(20(2)22-11-7-4-8-12-22)25(30)17-21-9-5-3-6-10-21/h3-16,20,24H,17-18H2,1-2H3. The van der Waals surface area contributed by atoms with Crippen molar-refractivity contribution in [2.24, 2.45) is 0 Å². The highest BCUT2D eigenvalue weighted by molar-refractivity contribution is 6.23. The van der Waals surface area contributed by atoms with Crippen molar-refractivity contribution < 1.29 is 14.4 Å². The van der Waals surface area contributed by atoms with Gasteiger partial charge in [-0.15, -0.1) is 0 Å². The van der Waals surface area contributed by atoms with Crippen LogP contribution in [0.2, 0.25) is 0 Å². The monoisotopic (exact) mass is 426 g/mol. The lowest BCUT2D eigenvalue weighted by Gasteiger charge is -2.34. The van der Waals surface area contributed by atoms with E-state index in [1.54, 1.807) is 17.0 Å². The van der Waals surface area contributed by atoms with Crippen LogP contribution in [0.3, 0.4) is 0 Å². The summed E-state index contributed by atoms with van der Waals surface area (Å²) in [6.45, 7) is 3.86. The molecule has 0 aliphatic carbocycles. The summed E-state index contributed by atoms with van der Waals surface area (Å²) in [7, 11) is 0. The number of hydrogen-bond acceptors (Lipinski definition) is 3. The fourth-order valence-corrected chi connectivity index (χ4v) is 4.21. The van der Waals surface area contributed by atoms with Gasteiger partial charge in [0, 0.05) is 0 Å². The van der Waals surface area contributed by atoms with E-state index in [-0.39, 0.29) is 36.6 Å². The number of carbonyl (C=O) groups excluding carboxylic acids is 3. The van der Waals surface area contributed by atoms with E-state index in [0.717, 1.165) is 16.7 Å². The molecule has 1 aliphatic rings. The summed E-state index contributed by atoms with van der Waals surface area (Å²) >= 11 is 0. The van der Waals surface area contributed by atoms with Crippen LogP contribution in [0, 0.1) is 6.92 Å². The minimum Gasteiger partial charge on any atom is -0.323 e. The Balaban J connectivity index is 1.67. The molecule has 4 rings (SSSR count). The molecule has 5 nitrogen and oxygen atoms in total. The van der Waals surface area contributed by atoms with E-state index in [1.807, 2.05) is 86.6 Å². The number of aryl methyl sites for hydroxylation is 1. The average Bonchev–Trinajstić information content (AvgIpc) is 3.09. The molecule has 0 saturated carbocycles. The van der Waals surface area contributed by atoms with Gasteiger partial charge in [0.15, 0.2) is 0 Å². The lowest BCUT2D eigenvalue weighted by molar-refractivity contribution is -0.140. The Kier molecular flexibility index (Phi) is 6.17. The molecule has 32 heavy (non-hydrogen) atoms. The molecule has 0 N–H and O–H groups in total. The molecule has 2 atom stereocenters. The lowest BCUT2D eigenvalue weighted by Crippen LogP contribution is -2.47. The highest BCUT2D eigenvalue weighted by Gasteiger charge is 2.45. The van der Waals surface area contributed by atoms with E-state index >= 15 is 0 Å². The molecule has 5 heteroatoms. The Hall–Kier alpha value is -3.73. The number of rotatable bonds is 6. The zero-order chi connectivity index (χ0) is 22.7. The van der Waals surface area contributed by atoms with Crippen LogP contribution in [0.25, 0.3) is 0 Å². The molecule has 3 amide bonds. The smallest absolute Gasteiger partial charge is 0.257 e. The summed E-state index contributed by atoms with van der Waals surface area (Å²) in [5, 5.41) is 0. The molecule has 1 fully saturated rings. The van der Waals surface area contributed by atoms with Crippen LogP contribution in [0.15, 0.2) is 84.9 Å². The second-order valence-corrected chi connectivity index (χ2v) is 8.17. The van der Waals surface area contributed by atoms with Gasteiger partial charge < -0.3 is 4.90 Å². The van der Waals surface area contributed by atoms with Gasteiger partial charge in [-0.1, -0.05) is 78.4 Å². The van der Waals surface area contributed by atoms with Crippen molar-refractivity contribution in [1.82, 2.24) is 4.90 Å². The lowest BCUT2D eigenvalue weighted by atomic mass is 10.0. The van der Waals surface area contributed by atoms with Gasteiger partial charge in [-0.25, -0.2) is 4.90 Å². The quantitative estimate of drug-likeness (QED) is 0.547. The number of benzene rings is 3. The minimum absolute atomic E-state index is 0.0234. The van der Waals surface area contributed by atoms with Gasteiger partial charge in [-0.3, -0.25) is 14.4 Å². The molecule has 0 aromatic heterocycles. The van der Waals surface area contributed by atoms with E-state index in [2.05, 4.69) is 0 Å². The second-order valence-electron chi connectivity index (χ2n) is 8.17. The third-order valence-electron chi connectivity index (χ3n) is 5.94. The van der Waals surface area contributed by atoms with Crippen molar-refractivity contribution in [1.29, 1.82) is 0 Å². The largest absolute Gasteiger partial charge is 0.323 e. The van der Waals surface area contributed by atoms with E-state index in [1.165, 1.54) is 4.90 Å². The van der Waals surface area contributed by atoms with Crippen LogP contribution < -0.4 is 4.90 Å². The van der Waals surface area contributed by atoms with Crippen molar-refractivity contribution in [3.8, 4) is 0 Å². The molecule has 0 radical (unpaired) electrons. The van der Waals surface area contributed by atoms with Gasteiger partial charge in [0.2, 0.25) is 11.8 Å². The van der Waals surface area contributed by atoms with Gasteiger partial charge in [-0.05, 0) is 37.1 Å². The number of hydrogen-bond donors (Lipinski definition) is 0. The third-order valence-corrected chi connectivity index (χ3v) is 5.94. The molecule has 3 aromatic rings. The Morgan fingerprint density at radius 2 is 1.53 bits per heavy atom. The molecule has 162 valence electrons. The number of amides is 3. The van der Waals surface area contributed by atoms with Gasteiger partial charge >= 0.3 is 0 Å². The third kappa shape index (κ3) is 4.33. The van der Waals surface area contributed by atoms with Crippen molar-refractivity contribution in [2.45, 2.75) is 38.8 Å². The fourth-order valence-electron chi connectivity index (χ4n) is 4.21. The van der Waals surface area contributed by atoms with Gasteiger partial charge in [0.25, 0.3) is 5.91 Å². The Morgan fingerprint density at radius 1 is 0.938 bits per heavy atom. The summed E-state index contributed by atoms with van der Waals surface area (Å²) in [6, 6.07) is 25.1. The van der Waals surface area contributed by atoms with Crippen LogP contribution in [-0.4, -0.2) is 28.7 Å². The number of nitrogens with zero attached hydrogens (tertiary/aromatic N) is 2. The molecule has 0 bridgehead atoms. The summed E-state index contributed by atoms with van der Waals surface area (Å²) in [5.41, 5.74) is 3.37. The minimum atomic E-state index is -0.838. The molecule has 2 unspecified atom stereocenters. The average molecular weight is 427 g/mol. The predicted octanol–water partition coefficient (Wildman–Crippen LogP) is 4.46. The molecule has 1 heterocycles. The number of carbonyl (C=O) groups is 3. The van der Waals surface area contributed by atoms with Gasteiger partial charge in [-0.2, -0.15) is 0 Å². The van der Waals surface area contributed by atoms with Crippen LogP contribution in [0.4, 0.5) is 5.69 Å². The first-order valence-corrected chi connectivity index (χ1v) is 10.8. The maximum Gasteiger partial charge on any atom is 0.257 e. The molecule has 1 saturated heterocycles. The fraction of sp³-hybridized carbons (Fsp3) is 0.222. The highest BCUT2D eigenvalue weighted by atomic mass is 16.2. The maximum atomic E-state index is 13.5. The highest BCUT2D eigenvalue weighted by Crippen LogP contribution is 2.32. The number of imide groups is 1. The summed E-state index contributed by atoms with van der Waals surface area (Å²) in [6.07, 6.45) is 0.144.